The van der Waals surface area contributed by atoms with Gasteiger partial charge < -0.3 is 4.74 Å². The van der Waals surface area contributed by atoms with Crippen molar-refractivity contribution in [2.75, 3.05) is 13.1 Å². The molecular weight excluding hydrogens is 364 g/mol. The first kappa shape index (κ1) is 17.6. The van der Waals surface area contributed by atoms with Crippen molar-refractivity contribution >= 4 is 21.6 Å². The normalized spacial score (nSPS) is 18.0. The number of ether oxygens (including phenoxy) is 1. The quantitative estimate of drug-likeness (QED) is 0.808. The van der Waals surface area contributed by atoms with E-state index in [1.54, 1.807) is 25.1 Å². The Hall–Kier alpha value is -2.21. The average molecular weight is 379 g/mol. The van der Waals surface area contributed by atoms with Crippen LogP contribution in [0.25, 0.3) is 0 Å². The number of halogens is 1. The van der Waals surface area contributed by atoms with Gasteiger partial charge >= 0.3 is 0 Å². The summed E-state index contributed by atoms with van der Waals surface area (Å²) in [5.74, 6) is 0.119. The average Bonchev–Trinajstić information content (AvgIpc) is 3.07. The molecule has 1 aromatic carbocycles. The first-order valence-corrected chi connectivity index (χ1v) is 9.38. The highest BCUT2D eigenvalue weighted by atomic mass is 35.5. The minimum absolute atomic E-state index is 0.0782. The summed E-state index contributed by atoms with van der Waals surface area (Å²) >= 11 is 6.04. The summed E-state index contributed by atoms with van der Waals surface area (Å²) in [5.41, 5.74) is 0.601. The van der Waals surface area contributed by atoms with Gasteiger partial charge in [-0.2, -0.15) is 9.57 Å². The fourth-order valence-corrected chi connectivity index (χ4v) is 4.63. The van der Waals surface area contributed by atoms with Crippen LogP contribution in [0.2, 0.25) is 5.02 Å². The molecule has 0 amide bonds. The highest BCUT2D eigenvalue weighted by molar-refractivity contribution is 7.89. The third-order valence-corrected chi connectivity index (χ3v) is 6.41. The van der Waals surface area contributed by atoms with Gasteiger partial charge in [0, 0.05) is 24.0 Å². The Morgan fingerprint density at radius 1 is 1.36 bits per heavy atom. The van der Waals surface area contributed by atoms with Gasteiger partial charge in [0.1, 0.15) is 12.2 Å². The molecular formula is C16H15ClN4O3S. The second-order valence-electron chi connectivity index (χ2n) is 5.58. The molecule has 9 heteroatoms. The number of hydrogen-bond acceptors (Lipinski definition) is 6. The molecule has 3 rings (SSSR count). The maximum atomic E-state index is 12.9. The van der Waals surface area contributed by atoms with Crippen LogP contribution in [0.1, 0.15) is 17.7 Å². The minimum Gasteiger partial charge on any atom is -0.471 e. The summed E-state index contributed by atoms with van der Waals surface area (Å²) in [6.07, 6.45) is 2.94. The van der Waals surface area contributed by atoms with E-state index in [9.17, 15) is 8.42 Å². The van der Waals surface area contributed by atoms with Gasteiger partial charge in [0.25, 0.3) is 5.88 Å². The van der Waals surface area contributed by atoms with Gasteiger partial charge in [-0.05, 0) is 31.0 Å². The smallest absolute Gasteiger partial charge is 0.251 e. The molecule has 1 aliphatic heterocycles. The van der Waals surface area contributed by atoms with E-state index < -0.39 is 16.1 Å². The number of aromatic nitrogens is 2. The fourth-order valence-electron chi connectivity index (χ4n) is 2.66. The van der Waals surface area contributed by atoms with Crippen molar-refractivity contribution in [1.82, 2.24) is 14.3 Å². The second-order valence-corrected chi connectivity index (χ2v) is 7.89. The highest BCUT2D eigenvalue weighted by Crippen LogP contribution is 2.28. The predicted octanol–water partition coefficient (Wildman–Crippen LogP) is 2.15. The lowest BCUT2D eigenvalue weighted by Crippen LogP contribution is -2.31. The molecule has 2 aromatic rings. The molecule has 0 radical (unpaired) electrons. The largest absolute Gasteiger partial charge is 0.471 e. The van der Waals surface area contributed by atoms with E-state index >= 15 is 0 Å². The van der Waals surface area contributed by atoms with Gasteiger partial charge in [-0.3, -0.25) is 0 Å². The molecule has 1 fully saturated rings. The Labute approximate surface area is 150 Å². The first-order chi connectivity index (χ1) is 11.9. The highest BCUT2D eigenvalue weighted by Gasteiger charge is 2.35. The molecule has 0 aliphatic carbocycles. The van der Waals surface area contributed by atoms with Crippen LogP contribution in [-0.2, 0) is 10.0 Å². The first-order valence-electron chi connectivity index (χ1n) is 7.56. The molecule has 0 spiro atoms. The standard InChI is InChI=1S/C16H15ClN4O3S/c1-11-13(17)3-2-4-15(11)25(22,23)21-8-5-12(10-21)24-16-14(9-18)19-6-7-20-16/h2-4,6-7,12H,5,8,10H2,1H3. The van der Waals surface area contributed by atoms with Crippen LogP contribution in [-0.4, -0.2) is 41.9 Å². The van der Waals surface area contributed by atoms with Crippen molar-refractivity contribution in [3.8, 4) is 11.9 Å². The van der Waals surface area contributed by atoms with Crippen molar-refractivity contribution in [2.45, 2.75) is 24.3 Å². The van der Waals surface area contributed by atoms with Crippen LogP contribution >= 0.6 is 11.6 Å². The zero-order valence-corrected chi connectivity index (χ0v) is 15.0. The Bertz CT molecular complexity index is 943. The lowest BCUT2D eigenvalue weighted by atomic mass is 10.2. The minimum atomic E-state index is -3.66. The number of nitriles is 1. The summed E-state index contributed by atoms with van der Waals surface area (Å²) in [6.45, 7) is 2.18. The molecule has 1 unspecified atom stereocenters. The molecule has 0 saturated carbocycles. The molecule has 1 atom stereocenters. The summed E-state index contributed by atoms with van der Waals surface area (Å²) in [5, 5.41) is 9.44. The Kier molecular flexibility index (Phi) is 4.90. The lowest BCUT2D eigenvalue weighted by Gasteiger charge is -2.18. The van der Waals surface area contributed by atoms with E-state index in [1.807, 2.05) is 6.07 Å². The number of rotatable bonds is 4. The summed E-state index contributed by atoms with van der Waals surface area (Å²) in [7, 11) is -3.66. The summed E-state index contributed by atoms with van der Waals surface area (Å²) in [6, 6.07) is 6.72. The topological polar surface area (TPSA) is 96.2 Å². The van der Waals surface area contributed by atoms with Gasteiger partial charge in [-0.15, -0.1) is 0 Å². The second kappa shape index (κ2) is 6.96. The van der Waals surface area contributed by atoms with Gasteiger partial charge in [0.2, 0.25) is 15.7 Å². The van der Waals surface area contributed by atoms with E-state index in [0.29, 0.717) is 23.6 Å². The van der Waals surface area contributed by atoms with Gasteiger partial charge in [0.15, 0.2) is 0 Å². The predicted molar refractivity (Wildman–Crippen MR) is 90.7 cm³/mol. The van der Waals surface area contributed by atoms with Crippen LogP contribution in [0.4, 0.5) is 0 Å². The number of sulfonamides is 1. The zero-order chi connectivity index (χ0) is 18.0. The molecule has 1 aromatic heterocycles. The van der Waals surface area contributed by atoms with E-state index in [-0.39, 0.29) is 23.0 Å². The van der Waals surface area contributed by atoms with E-state index in [4.69, 9.17) is 21.6 Å². The summed E-state index contributed by atoms with van der Waals surface area (Å²) in [4.78, 5) is 8.06. The zero-order valence-electron chi connectivity index (χ0n) is 13.4. The third-order valence-electron chi connectivity index (χ3n) is 3.99. The van der Waals surface area contributed by atoms with Gasteiger partial charge in [-0.25, -0.2) is 18.4 Å². The Morgan fingerprint density at radius 2 is 2.12 bits per heavy atom. The van der Waals surface area contributed by atoms with Crippen LogP contribution in [0.3, 0.4) is 0 Å². The van der Waals surface area contributed by atoms with E-state index in [0.717, 1.165) is 0 Å². The molecule has 7 nitrogen and oxygen atoms in total. The van der Waals surface area contributed by atoms with Crippen LogP contribution in [0, 0.1) is 18.3 Å². The van der Waals surface area contributed by atoms with Gasteiger partial charge in [-0.1, -0.05) is 17.7 Å². The molecule has 2 heterocycles. The third kappa shape index (κ3) is 3.44. The number of hydrogen-bond donors (Lipinski definition) is 0. The van der Waals surface area contributed by atoms with E-state index in [2.05, 4.69) is 9.97 Å². The van der Waals surface area contributed by atoms with Crippen molar-refractivity contribution in [2.24, 2.45) is 0 Å². The Balaban J connectivity index is 1.78. The van der Waals surface area contributed by atoms with Gasteiger partial charge in [0.05, 0.1) is 11.4 Å². The molecule has 1 aliphatic rings. The SMILES string of the molecule is Cc1c(Cl)cccc1S(=O)(=O)N1CCC(Oc2nccnc2C#N)C1. The van der Waals surface area contributed by atoms with E-state index in [1.165, 1.54) is 16.7 Å². The molecule has 0 bridgehead atoms. The Morgan fingerprint density at radius 3 is 2.88 bits per heavy atom. The van der Waals surface area contributed by atoms with Crippen LogP contribution in [0.5, 0.6) is 5.88 Å². The van der Waals surface area contributed by atoms with Crippen molar-refractivity contribution in [3.05, 3.63) is 46.9 Å². The maximum Gasteiger partial charge on any atom is 0.251 e. The number of benzene rings is 1. The number of nitrogens with zero attached hydrogens (tertiary/aromatic N) is 4. The van der Waals surface area contributed by atoms with Crippen molar-refractivity contribution < 1.29 is 13.2 Å². The monoisotopic (exact) mass is 378 g/mol. The van der Waals surface area contributed by atoms with Crippen LogP contribution in [0.15, 0.2) is 35.5 Å². The summed E-state index contributed by atoms with van der Waals surface area (Å²) < 4.78 is 32.8. The lowest BCUT2D eigenvalue weighted by molar-refractivity contribution is 0.205. The molecule has 1 saturated heterocycles. The fraction of sp³-hybridized carbons (Fsp3) is 0.312. The molecule has 25 heavy (non-hydrogen) atoms. The van der Waals surface area contributed by atoms with Crippen molar-refractivity contribution in [1.29, 1.82) is 5.26 Å². The molecule has 0 N–H and O–H groups in total. The van der Waals surface area contributed by atoms with Crippen molar-refractivity contribution in [3.63, 3.8) is 0 Å². The molecule has 130 valence electrons. The maximum absolute atomic E-state index is 12.9. The van der Waals surface area contributed by atoms with Crippen LogP contribution < -0.4 is 4.74 Å².